The smallest absolute Gasteiger partial charge is 0.254 e. The van der Waals surface area contributed by atoms with Gasteiger partial charge >= 0.3 is 0 Å². The van der Waals surface area contributed by atoms with E-state index >= 15 is 0 Å². The number of carbonyl (C=O) groups is 1. The third-order valence-electron chi connectivity index (χ3n) is 5.26. The highest BCUT2D eigenvalue weighted by Gasteiger charge is 2.34. The minimum atomic E-state index is -0.0359. The van der Waals surface area contributed by atoms with E-state index in [-0.39, 0.29) is 11.9 Å². The molecule has 5 nitrogen and oxygen atoms in total. The zero-order valence-electron chi connectivity index (χ0n) is 16.5. The van der Waals surface area contributed by atoms with Crippen molar-refractivity contribution < 1.29 is 4.79 Å². The molecule has 4 rings (SSSR count). The standard InChI is InChI=1S/C22H23ClN4OS/c1-15-5-9-17(10-6-15)21(28)27-13-3-4-19(27)20-24-25-22(26(20)2)29-14-16-7-11-18(23)12-8-16/h5-12,19H,3-4,13-14H2,1-2H3. The molecular weight excluding hydrogens is 404 g/mol. The van der Waals surface area contributed by atoms with Crippen LogP contribution in [-0.2, 0) is 12.8 Å². The molecule has 0 radical (unpaired) electrons. The number of benzene rings is 2. The quantitative estimate of drug-likeness (QED) is 0.536. The zero-order chi connectivity index (χ0) is 20.4. The summed E-state index contributed by atoms with van der Waals surface area (Å²) in [5.74, 6) is 1.70. The van der Waals surface area contributed by atoms with E-state index in [1.54, 1.807) is 11.8 Å². The molecule has 2 heterocycles. The minimum Gasteiger partial charge on any atom is -0.328 e. The Kier molecular flexibility index (Phi) is 5.92. The summed E-state index contributed by atoms with van der Waals surface area (Å²) in [6.07, 6.45) is 1.88. The van der Waals surface area contributed by atoms with E-state index in [1.165, 1.54) is 5.56 Å². The van der Waals surface area contributed by atoms with Crippen molar-refractivity contribution in [2.75, 3.05) is 6.54 Å². The van der Waals surface area contributed by atoms with Crippen molar-refractivity contribution in [1.29, 1.82) is 0 Å². The molecule has 0 saturated carbocycles. The molecule has 7 heteroatoms. The molecule has 1 unspecified atom stereocenters. The normalized spacial score (nSPS) is 16.4. The van der Waals surface area contributed by atoms with E-state index in [9.17, 15) is 4.79 Å². The Hall–Kier alpha value is -2.31. The van der Waals surface area contributed by atoms with Crippen LogP contribution in [0.15, 0.2) is 53.7 Å². The lowest BCUT2D eigenvalue weighted by Gasteiger charge is -2.24. The lowest BCUT2D eigenvalue weighted by atomic mass is 10.1. The second-order valence-electron chi connectivity index (χ2n) is 7.34. The fraction of sp³-hybridized carbons (Fsp3) is 0.318. The van der Waals surface area contributed by atoms with Crippen LogP contribution in [0.3, 0.4) is 0 Å². The SMILES string of the molecule is Cc1ccc(C(=O)N2CCCC2c2nnc(SCc3ccc(Cl)cc3)n2C)cc1. The number of aryl methyl sites for hydroxylation is 1. The van der Waals surface area contributed by atoms with Crippen LogP contribution in [0.1, 0.15) is 46.2 Å². The van der Waals surface area contributed by atoms with Crippen molar-refractivity contribution in [3.05, 3.63) is 76.1 Å². The van der Waals surface area contributed by atoms with Gasteiger partial charge in [-0.05, 0) is 49.6 Å². The third-order valence-corrected chi connectivity index (χ3v) is 6.60. The third kappa shape index (κ3) is 4.33. The van der Waals surface area contributed by atoms with Crippen molar-refractivity contribution in [1.82, 2.24) is 19.7 Å². The lowest BCUT2D eigenvalue weighted by Crippen LogP contribution is -2.31. The van der Waals surface area contributed by atoms with Crippen molar-refractivity contribution in [3.63, 3.8) is 0 Å². The van der Waals surface area contributed by atoms with Crippen LogP contribution >= 0.6 is 23.4 Å². The van der Waals surface area contributed by atoms with Gasteiger partial charge in [0.1, 0.15) is 0 Å². The maximum atomic E-state index is 13.1. The largest absolute Gasteiger partial charge is 0.328 e. The number of nitrogens with zero attached hydrogens (tertiary/aromatic N) is 4. The van der Waals surface area contributed by atoms with Crippen LogP contribution in [0.25, 0.3) is 0 Å². The van der Waals surface area contributed by atoms with E-state index in [1.807, 2.05) is 72.0 Å². The molecule has 3 aromatic rings. The predicted octanol–water partition coefficient (Wildman–Crippen LogP) is 5.05. The van der Waals surface area contributed by atoms with E-state index in [2.05, 4.69) is 10.2 Å². The summed E-state index contributed by atoms with van der Waals surface area (Å²) >= 11 is 7.59. The van der Waals surface area contributed by atoms with Crippen LogP contribution in [0.2, 0.25) is 5.02 Å². The highest BCUT2D eigenvalue weighted by molar-refractivity contribution is 7.98. The maximum absolute atomic E-state index is 13.1. The van der Waals surface area contributed by atoms with Crippen molar-refractivity contribution in [2.45, 2.75) is 36.7 Å². The van der Waals surface area contributed by atoms with Gasteiger partial charge in [0, 0.05) is 29.9 Å². The van der Waals surface area contributed by atoms with Crippen LogP contribution in [0.4, 0.5) is 0 Å². The van der Waals surface area contributed by atoms with Gasteiger partial charge in [-0.3, -0.25) is 4.79 Å². The first kappa shape index (κ1) is 20.0. The molecule has 1 saturated heterocycles. The van der Waals surface area contributed by atoms with E-state index in [4.69, 9.17) is 11.6 Å². The molecule has 2 aromatic carbocycles. The van der Waals surface area contributed by atoms with Gasteiger partial charge in [-0.15, -0.1) is 10.2 Å². The minimum absolute atomic E-state index is 0.0359. The second kappa shape index (κ2) is 8.59. The molecule has 0 bridgehead atoms. The first-order chi connectivity index (χ1) is 14.0. The number of carbonyl (C=O) groups excluding carboxylic acids is 1. The van der Waals surface area contributed by atoms with Gasteiger partial charge in [-0.2, -0.15) is 0 Å². The molecule has 1 aliphatic heterocycles. The number of likely N-dealkylation sites (tertiary alicyclic amines) is 1. The first-order valence-corrected chi connectivity index (χ1v) is 11.0. The van der Waals surface area contributed by atoms with Gasteiger partial charge < -0.3 is 9.47 Å². The fourth-order valence-corrected chi connectivity index (χ4v) is 4.61. The number of thioether (sulfide) groups is 1. The highest BCUT2D eigenvalue weighted by Crippen LogP contribution is 2.33. The average molecular weight is 427 g/mol. The summed E-state index contributed by atoms with van der Waals surface area (Å²) in [5, 5.41) is 10.4. The zero-order valence-corrected chi connectivity index (χ0v) is 18.1. The summed E-state index contributed by atoms with van der Waals surface area (Å²) in [6.45, 7) is 2.77. The average Bonchev–Trinajstić information content (AvgIpc) is 3.34. The van der Waals surface area contributed by atoms with Crippen LogP contribution in [0, 0.1) is 6.92 Å². The summed E-state index contributed by atoms with van der Waals surface area (Å²) in [6, 6.07) is 15.6. The Morgan fingerprint density at radius 2 is 1.86 bits per heavy atom. The number of amides is 1. The van der Waals surface area contributed by atoms with Gasteiger partial charge in [0.25, 0.3) is 5.91 Å². The Morgan fingerprint density at radius 3 is 2.59 bits per heavy atom. The van der Waals surface area contributed by atoms with Gasteiger partial charge in [0.05, 0.1) is 6.04 Å². The highest BCUT2D eigenvalue weighted by atomic mass is 35.5. The van der Waals surface area contributed by atoms with Gasteiger partial charge in [-0.25, -0.2) is 0 Å². The fourth-order valence-electron chi connectivity index (χ4n) is 3.61. The van der Waals surface area contributed by atoms with E-state index in [0.29, 0.717) is 0 Å². The molecule has 1 atom stereocenters. The lowest BCUT2D eigenvalue weighted by molar-refractivity contribution is 0.0727. The number of rotatable bonds is 5. The first-order valence-electron chi connectivity index (χ1n) is 9.67. The number of aromatic nitrogens is 3. The van der Waals surface area contributed by atoms with Crippen LogP contribution in [0.5, 0.6) is 0 Å². The summed E-state index contributed by atoms with van der Waals surface area (Å²) in [4.78, 5) is 15.0. The number of hydrogen-bond donors (Lipinski definition) is 0. The molecule has 29 heavy (non-hydrogen) atoms. The molecule has 0 aliphatic carbocycles. The summed E-state index contributed by atoms with van der Waals surface area (Å²) < 4.78 is 2.02. The molecule has 1 fully saturated rings. The summed E-state index contributed by atoms with van der Waals surface area (Å²) in [5.41, 5.74) is 3.05. The number of hydrogen-bond acceptors (Lipinski definition) is 4. The summed E-state index contributed by atoms with van der Waals surface area (Å²) in [7, 11) is 1.98. The molecule has 0 N–H and O–H groups in total. The maximum Gasteiger partial charge on any atom is 0.254 e. The van der Waals surface area contributed by atoms with Gasteiger partial charge in [0.15, 0.2) is 11.0 Å². The van der Waals surface area contributed by atoms with E-state index < -0.39 is 0 Å². The predicted molar refractivity (Wildman–Crippen MR) is 116 cm³/mol. The Labute approximate surface area is 180 Å². The Bertz CT molecular complexity index is 1000. The van der Waals surface area contributed by atoms with Gasteiger partial charge in [0.2, 0.25) is 0 Å². The van der Waals surface area contributed by atoms with Crippen LogP contribution < -0.4 is 0 Å². The molecule has 0 spiro atoms. The Morgan fingerprint density at radius 1 is 1.14 bits per heavy atom. The second-order valence-corrected chi connectivity index (χ2v) is 8.72. The topological polar surface area (TPSA) is 51.0 Å². The molecule has 1 aliphatic rings. The van der Waals surface area contributed by atoms with Crippen molar-refractivity contribution >= 4 is 29.3 Å². The van der Waals surface area contributed by atoms with Crippen LogP contribution in [-0.4, -0.2) is 32.1 Å². The van der Waals surface area contributed by atoms with E-state index in [0.717, 1.165) is 52.3 Å². The molecule has 150 valence electrons. The van der Waals surface area contributed by atoms with Crippen molar-refractivity contribution in [3.8, 4) is 0 Å². The number of halogens is 1. The Balaban J connectivity index is 1.49. The van der Waals surface area contributed by atoms with Crippen molar-refractivity contribution in [2.24, 2.45) is 7.05 Å². The monoisotopic (exact) mass is 426 g/mol. The molecular formula is C22H23ClN4OS. The van der Waals surface area contributed by atoms with Gasteiger partial charge in [-0.1, -0.05) is 53.2 Å². The molecule has 1 amide bonds. The molecule has 1 aromatic heterocycles.